The third kappa shape index (κ3) is 3.46. The lowest BCUT2D eigenvalue weighted by Gasteiger charge is -2.17. The van der Waals surface area contributed by atoms with Crippen molar-refractivity contribution in [1.82, 2.24) is 20.1 Å². The minimum atomic E-state index is -0.307. The molecule has 0 aliphatic rings. The molecule has 0 saturated heterocycles. The number of hydrogen-bond acceptors (Lipinski definition) is 3. The average Bonchev–Trinajstić information content (AvgIpc) is 3.07. The van der Waals surface area contributed by atoms with Crippen LogP contribution in [-0.4, -0.2) is 14.8 Å². The molecule has 1 atom stereocenters. The Labute approximate surface area is 135 Å². The molecule has 23 heavy (non-hydrogen) atoms. The number of nitrogens with one attached hydrogen (secondary N) is 1. The van der Waals surface area contributed by atoms with Gasteiger partial charge in [0.25, 0.3) is 0 Å². The summed E-state index contributed by atoms with van der Waals surface area (Å²) in [7, 11) is 0. The molecule has 2 aromatic carbocycles. The number of benzene rings is 2. The Balaban J connectivity index is 1.69. The Bertz CT molecular complexity index is 783. The molecule has 3 aromatic rings. The topological polar surface area (TPSA) is 42.7 Å². The number of aryl methyl sites for hydroxylation is 1. The van der Waals surface area contributed by atoms with Crippen molar-refractivity contribution >= 4 is 0 Å². The van der Waals surface area contributed by atoms with E-state index in [-0.39, 0.29) is 11.9 Å². The molecule has 1 N–H and O–H groups in total. The first-order chi connectivity index (χ1) is 11.1. The van der Waals surface area contributed by atoms with E-state index in [4.69, 9.17) is 0 Å². The van der Waals surface area contributed by atoms with Crippen molar-refractivity contribution in [1.29, 1.82) is 0 Å². The summed E-state index contributed by atoms with van der Waals surface area (Å²) in [5, 5.41) is 7.39. The number of rotatable bonds is 5. The molecule has 0 saturated carbocycles. The van der Waals surface area contributed by atoms with E-state index in [9.17, 15) is 4.39 Å². The van der Waals surface area contributed by atoms with Crippen molar-refractivity contribution < 1.29 is 4.39 Å². The van der Waals surface area contributed by atoms with Gasteiger partial charge in [0.2, 0.25) is 0 Å². The van der Waals surface area contributed by atoms with Gasteiger partial charge in [-0.3, -0.25) is 0 Å². The van der Waals surface area contributed by atoms with Gasteiger partial charge in [0.05, 0.1) is 0 Å². The number of aromatic nitrogens is 3. The van der Waals surface area contributed by atoms with Gasteiger partial charge >= 0.3 is 0 Å². The Morgan fingerprint density at radius 3 is 2.74 bits per heavy atom. The predicted octanol–water partition coefficient (Wildman–Crippen LogP) is 3.57. The summed E-state index contributed by atoms with van der Waals surface area (Å²) < 4.78 is 15.6. The van der Waals surface area contributed by atoms with Gasteiger partial charge < -0.3 is 5.32 Å². The Kier molecular flexibility index (Phi) is 4.48. The summed E-state index contributed by atoms with van der Waals surface area (Å²) in [6.45, 7) is 4.81. The van der Waals surface area contributed by atoms with Crippen molar-refractivity contribution in [2.75, 3.05) is 0 Å². The van der Waals surface area contributed by atoms with Crippen LogP contribution in [0.5, 0.6) is 0 Å². The molecular weight excluding hydrogens is 291 g/mol. The van der Waals surface area contributed by atoms with Gasteiger partial charge in [-0.2, -0.15) is 5.10 Å². The molecule has 0 unspecified atom stereocenters. The van der Waals surface area contributed by atoms with E-state index in [0.717, 1.165) is 5.56 Å². The average molecular weight is 310 g/mol. The summed E-state index contributed by atoms with van der Waals surface area (Å²) in [4.78, 5) is 3.84. The second-order valence-corrected chi connectivity index (χ2v) is 5.58. The van der Waals surface area contributed by atoms with Crippen molar-refractivity contribution in [3.8, 4) is 5.69 Å². The molecule has 5 heteroatoms. The standard InChI is InChI=1S/C18H19FN4/c1-13-5-3-4-6-16(13)14(2)21-10-15-7-8-18(17(19)9-15)23-12-20-11-22-23/h3-9,11-12,14,21H,10H2,1-2H3/t14-/m0/s1. The summed E-state index contributed by atoms with van der Waals surface area (Å²) >= 11 is 0. The fourth-order valence-electron chi connectivity index (χ4n) is 2.63. The monoisotopic (exact) mass is 310 g/mol. The zero-order chi connectivity index (χ0) is 16.2. The van der Waals surface area contributed by atoms with Crippen LogP contribution in [-0.2, 0) is 6.54 Å². The second kappa shape index (κ2) is 6.71. The lowest BCUT2D eigenvalue weighted by Crippen LogP contribution is -2.19. The Morgan fingerprint density at radius 1 is 1.22 bits per heavy atom. The highest BCUT2D eigenvalue weighted by Crippen LogP contribution is 2.18. The molecule has 3 rings (SSSR count). The lowest BCUT2D eigenvalue weighted by atomic mass is 10.0. The van der Waals surface area contributed by atoms with Crippen molar-refractivity contribution in [3.63, 3.8) is 0 Å². The Hall–Kier alpha value is -2.53. The van der Waals surface area contributed by atoms with Crippen LogP contribution < -0.4 is 5.32 Å². The number of nitrogens with zero attached hydrogens (tertiary/aromatic N) is 3. The van der Waals surface area contributed by atoms with Gasteiger partial charge in [-0.1, -0.05) is 30.3 Å². The van der Waals surface area contributed by atoms with Crippen molar-refractivity contribution in [2.45, 2.75) is 26.4 Å². The molecule has 0 aliphatic carbocycles. The highest BCUT2D eigenvalue weighted by atomic mass is 19.1. The van der Waals surface area contributed by atoms with E-state index in [1.165, 1.54) is 34.5 Å². The first-order valence-corrected chi connectivity index (χ1v) is 7.57. The molecule has 0 amide bonds. The van der Waals surface area contributed by atoms with Gasteiger partial charge in [-0.05, 0) is 42.7 Å². The van der Waals surface area contributed by atoms with Gasteiger partial charge in [0.1, 0.15) is 24.2 Å². The largest absolute Gasteiger partial charge is 0.306 e. The van der Waals surface area contributed by atoms with E-state index in [1.54, 1.807) is 6.07 Å². The normalized spacial score (nSPS) is 12.3. The fraction of sp³-hybridized carbons (Fsp3) is 0.222. The van der Waals surface area contributed by atoms with Crippen LogP contribution in [0.15, 0.2) is 55.1 Å². The first kappa shape index (κ1) is 15.4. The van der Waals surface area contributed by atoms with Crippen molar-refractivity contribution in [3.05, 3.63) is 77.6 Å². The van der Waals surface area contributed by atoms with E-state index in [0.29, 0.717) is 12.2 Å². The SMILES string of the molecule is Cc1ccccc1[C@H](C)NCc1ccc(-n2cncn2)c(F)c1. The van der Waals surface area contributed by atoms with E-state index in [2.05, 4.69) is 41.4 Å². The zero-order valence-electron chi connectivity index (χ0n) is 13.2. The molecule has 1 aromatic heterocycles. The molecule has 118 valence electrons. The predicted molar refractivity (Wildman–Crippen MR) is 87.8 cm³/mol. The minimum absolute atomic E-state index is 0.203. The van der Waals surface area contributed by atoms with Crippen LogP contribution in [0.4, 0.5) is 4.39 Å². The molecule has 0 spiro atoms. The van der Waals surface area contributed by atoms with Gasteiger partial charge in [0, 0.05) is 12.6 Å². The maximum atomic E-state index is 14.2. The van der Waals surface area contributed by atoms with Crippen LogP contribution in [0.1, 0.15) is 29.7 Å². The smallest absolute Gasteiger partial charge is 0.149 e. The Morgan fingerprint density at radius 2 is 2.04 bits per heavy atom. The van der Waals surface area contributed by atoms with Crippen LogP contribution >= 0.6 is 0 Å². The van der Waals surface area contributed by atoms with E-state index < -0.39 is 0 Å². The maximum Gasteiger partial charge on any atom is 0.149 e. The van der Waals surface area contributed by atoms with Crippen molar-refractivity contribution in [2.24, 2.45) is 0 Å². The maximum absolute atomic E-state index is 14.2. The molecule has 0 bridgehead atoms. The summed E-state index contributed by atoms with van der Waals surface area (Å²) in [6, 6.07) is 13.6. The van der Waals surface area contributed by atoms with Gasteiger partial charge in [-0.15, -0.1) is 0 Å². The third-order valence-electron chi connectivity index (χ3n) is 3.95. The molecule has 1 heterocycles. The van der Waals surface area contributed by atoms with E-state index in [1.807, 2.05) is 18.2 Å². The van der Waals surface area contributed by atoms with Crippen LogP contribution in [0.3, 0.4) is 0 Å². The van der Waals surface area contributed by atoms with E-state index >= 15 is 0 Å². The van der Waals surface area contributed by atoms with Crippen LogP contribution in [0.2, 0.25) is 0 Å². The first-order valence-electron chi connectivity index (χ1n) is 7.57. The second-order valence-electron chi connectivity index (χ2n) is 5.58. The molecule has 0 aliphatic heterocycles. The quantitative estimate of drug-likeness (QED) is 0.783. The van der Waals surface area contributed by atoms with Gasteiger partial charge in [0.15, 0.2) is 0 Å². The highest BCUT2D eigenvalue weighted by molar-refractivity contribution is 5.35. The summed E-state index contributed by atoms with van der Waals surface area (Å²) in [6.07, 6.45) is 2.87. The van der Waals surface area contributed by atoms with Crippen LogP contribution in [0, 0.1) is 12.7 Å². The zero-order valence-corrected chi connectivity index (χ0v) is 13.2. The van der Waals surface area contributed by atoms with Gasteiger partial charge in [-0.25, -0.2) is 14.1 Å². The molecule has 4 nitrogen and oxygen atoms in total. The molecular formula is C18H19FN4. The fourth-order valence-corrected chi connectivity index (χ4v) is 2.63. The molecule has 0 radical (unpaired) electrons. The summed E-state index contributed by atoms with van der Waals surface area (Å²) in [5.41, 5.74) is 3.80. The highest BCUT2D eigenvalue weighted by Gasteiger charge is 2.09. The number of halogens is 1. The number of hydrogen-bond donors (Lipinski definition) is 1. The third-order valence-corrected chi connectivity index (χ3v) is 3.95. The summed E-state index contributed by atoms with van der Waals surface area (Å²) in [5.74, 6) is -0.307. The van der Waals surface area contributed by atoms with Crippen LogP contribution in [0.25, 0.3) is 5.69 Å². The minimum Gasteiger partial charge on any atom is -0.306 e. The molecule has 0 fully saturated rings. The lowest BCUT2D eigenvalue weighted by molar-refractivity contribution is 0.565.